The van der Waals surface area contributed by atoms with Gasteiger partial charge in [-0.3, -0.25) is 4.79 Å². The summed E-state index contributed by atoms with van der Waals surface area (Å²) in [6.45, 7) is 0.311. The topological polar surface area (TPSA) is 53.3 Å². The fourth-order valence-electron chi connectivity index (χ4n) is 1.52. The SMILES string of the molecule is COc1ccc(CN(C)C(=O)CCC#N)cc1F. The lowest BCUT2D eigenvalue weighted by atomic mass is 10.2. The minimum Gasteiger partial charge on any atom is -0.494 e. The molecule has 4 nitrogen and oxygen atoms in total. The second-order valence-corrected chi connectivity index (χ2v) is 3.88. The first-order chi connectivity index (χ1) is 8.58. The summed E-state index contributed by atoms with van der Waals surface area (Å²) in [4.78, 5) is 13.0. The molecule has 0 aliphatic heterocycles. The van der Waals surface area contributed by atoms with Gasteiger partial charge in [-0.1, -0.05) is 6.07 Å². The van der Waals surface area contributed by atoms with E-state index in [9.17, 15) is 9.18 Å². The summed E-state index contributed by atoms with van der Waals surface area (Å²) in [5, 5.41) is 8.40. The zero-order valence-corrected chi connectivity index (χ0v) is 10.4. The Morgan fingerprint density at radius 2 is 2.28 bits per heavy atom. The summed E-state index contributed by atoms with van der Waals surface area (Å²) in [6.07, 6.45) is 0.381. The van der Waals surface area contributed by atoms with Crippen LogP contribution in [-0.2, 0) is 11.3 Å². The van der Waals surface area contributed by atoms with Gasteiger partial charge in [0.05, 0.1) is 13.2 Å². The number of benzene rings is 1. The van der Waals surface area contributed by atoms with Crippen LogP contribution in [0.1, 0.15) is 18.4 Å². The van der Waals surface area contributed by atoms with Crippen molar-refractivity contribution in [1.29, 1.82) is 5.26 Å². The minimum absolute atomic E-state index is 0.132. The molecule has 0 heterocycles. The van der Waals surface area contributed by atoms with Crippen molar-refractivity contribution in [3.63, 3.8) is 0 Å². The van der Waals surface area contributed by atoms with Crippen LogP contribution in [0.5, 0.6) is 5.75 Å². The summed E-state index contributed by atoms with van der Waals surface area (Å²) in [7, 11) is 3.03. The summed E-state index contributed by atoms with van der Waals surface area (Å²) in [6, 6.07) is 6.49. The largest absolute Gasteiger partial charge is 0.494 e. The number of amides is 1. The van der Waals surface area contributed by atoms with E-state index in [0.717, 1.165) is 0 Å². The molecule has 0 aliphatic rings. The molecule has 1 aromatic rings. The van der Waals surface area contributed by atoms with Crippen molar-refractivity contribution in [1.82, 2.24) is 4.90 Å². The molecule has 0 bridgehead atoms. The quantitative estimate of drug-likeness (QED) is 0.804. The standard InChI is InChI=1S/C13H15FN2O2/c1-16(13(17)4-3-7-15)9-10-5-6-12(18-2)11(14)8-10/h5-6,8H,3-4,9H2,1-2H3. The molecule has 0 spiro atoms. The number of hydrogen-bond acceptors (Lipinski definition) is 3. The highest BCUT2D eigenvalue weighted by Crippen LogP contribution is 2.18. The number of hydrogen-bond donors (Lipinski definition) is 0. The van der Waals surface area contributed by atoms with E-state index in [0.29, 0.717) is 12.1 Å². The van der Waals surface area contributed by atoms with Gasteiger partial charge in [0.25, 0.3) is 0 Å². The van der Waals surface area contributed by atoms with Crippen LogP contribution >= 0.6 is 0 Å². The first kappa shape index (κ1) is 14.0. The van der Waals surface area contributed by atoms with Crippen molar-refractivity contribution < 1.29 is 13.9 Å². The number of halogens is 1. The number of carbonyl (C=O) groups excluding carboxylic acids is 1. The van der Waals surface area contributed by atoms with Crippen LogP contribution in [0.3, 0.4) is 0 Å². The third kappa shape index (κ3) is 3.74. The number of nitrogens with zero attached hydrogens (tertiary/aromatic N) is 2. The van der Waals surface area contributed by atoms with Crippen molar-refractivity contribution in [3.8, 4) is 11.8 Å². The number of carbonyl (C=O) groups is 1. The maximum atomic E-state index is 13.4. The summed E-state index contributed by atoms with van der Waals surface area (Å²) in [5.74, 6) is -0.405. The number of methoxy groups -OCH3 is 1. The van der Waals surface area contributed by atoms with Crippen molar-refractivity contribution >= 4 is 5.91 Å². The van der Waals surface area contributed by atoms with E-state index in [1.165, 1.54) is 24.1 Å². The predicted octanol–water partition coefficient (Wildman–Crippen LogP) is 2.10. The van der Waals surface area contributed by atoms with Gasteiger partial charge < -0.3 is 9.64 Å². The molecule has 0 saturated carbocycles. The average molecular weight is 250 g/mol. The lowest BCUT2D eigenvalue weighted by Crippen LogP contribution is -2.25. The Balaban J connectivity index is 2.65. The van der Waals surface area contributed by atoms with E-state index < -0.39 is 5.82 Å². The second-order valence-electron chi connectivity index (χ2n) is 3.88. The zero-order chi connectivity index (χ0) is 13.5. The molecule has 0 radical (unpaired) electrons. The van der Waals surface area contributed by atoms with Gasteiger partial charge in [-0.25, -0.2) is 4.39 Å². The fraction of sp³-hybridized carbons (Fsp3) is 0.385. The first-order valence-corrected chi connectivity index (χ1v) is 5.51. The van der Waals surface area contributed by atoms with Crippen LogP contribution in [0, 0.1) is 17.1 Å². The van der Waals surface area contributed by atoms with Gasteiger partial charge >= 0.3 is 0 Å². The monoisotopic (exact) mass is 250 g/mol. The number of nitriles is 1. The normalized spacial score (nSPS) is 9.67. The van der Waals surface area contributed by atoms with Crippen molar-refractivity contribution in [2.24, 2.45) is 0 Å². The predicted molar refractivity (Wildman–Crippen MR) is 64.3 cm³/mol. The minimum atomic E-state index is -0.451. The maximum Gasteiger partial charge on any atom is 0.223 e. The van der Waals surface area contributed by atoms with Crippen LogP contribution in [0.4, 0.5) is 4.39 Å². The molecule has 0 saturated heterocycles. The highest BCUT2D eigenvalue weighted by atomic mass is 19.1. The fourth-order valence-corrected chi connectivity index (χ4v) is 1.52. The van der Waals surface area contributed by atoms with Gasteiger partial charge in [-0.2, -0.15) is 5.26 Å². The molecular formula is C13H15FN2O2. The van der Waals surface area contributed by atoms with E-state index in [-0.39, 0.29) is 24.5 Å². The van der Waals surface area contributed by atoms with Crippen LogP contribution < -0.4 is 4.74 Å². The van der Waals surface area contributed by atoms with Crippen molar-refractivity contribution in [2.75, 3.05) is 14.2 Å². The third-order valence-corrected chi connectivity index (χ3v) is 2.51. The average Bonchev–Trinajstić information content (AvgIpc) is 2.36. The van der Waals surface area contributed by atoms with Crippen LogP contribution in [0.25, 0.3) is 0 Å². The molecule has 18 heavy (non-hydrogen) atoms. The van der Waals surface area contributed by atoms with Gasteiger partial charge in [-0.05, 0) is 17.7 Å². The van der Waals surface area contributed by atoms with E-state index in [1.807, 2.05) is 6.07 Å². The van der Waals surface area contributed by atoms with Crippen LogP contribution in [-0.4, -0.2) is 25.0 Å². The summed E-state index contributed by atoms with van der Waals surface area (Å²) in [5.41, 5.74) is 0.682. The molecule has 0 aromatic heterocycles. The van der Waals surface area contributed by atoms with E-state index >= 15 is 0 Å². The van der Waals surface area contributed by atoms with Crippen molar-refractivity contribution in [2.45, 2.75) is 19.4 Å². The summed E-state index contributed by atoms with van der Waals surface area (Å²) < 4.78 is 18.2. The van der Waals surface area contributed by atoms with Gasteiger partial charge in [0, 0.05) is 26.4 Å². The van der Waals surface area contributed by atoms with Crippen molar-refractivity contribution in [3.05, 3.63) is 29.6 Å². The Bertz CT molecular complexity index is 469. The highest BCUT2D eigenvalue weighted by molar-refractivity contribution is 5.76. The Morgan fingerprint density at radius 3 is 2.83 bits per heavy atom. The number of rotatable bonds is 5. The molecule has 0 unspecified atom stereocenters. The molecule has 0 N–H and O–H groups in total. The molecule has 0 fully saturated rings. The number of ether oxygens (including phenoxy) is 1. The molecule has 1 rings (SSSR count). The maximum absolute atomic E-state index is 13.4. The van der Waals surface area contributed by atoms with Gasteiger partial charge in [0.2, 0.25) is 5.91 Å². The third-order valence-electron chi connectivity index (χ3n) is 2.51. The van der Waals surface area contributed by atoms with Gasteiger partial charge in [0.1, 0.15) is 0 Å². The molecule has 1 aromatic carbocycles. The highest BCUT2D eigenvalue weighted by Gasteiger charge is 2.10. The lowest BCUT2D eigenvalue weighted by Gasteiger charge is -2.17. The lowest BCUT2D eigenvalue weighted by molar-refractivity contribution is -0.130. The molecule has 0 atom stereocenters. The second kappa shape index (κ2) is 6.60. The smallest absolute Gasteiger partial charge is 0.223 e. The molecule has 1 amide bonds. The molecule has 0 aliphatic carbocycles. The van der Waals surface area contributed by atoms with Crippen LogP contribution in [0.2, 0.25) is 0 Å². The van der Waals surface area contributed by atoms with Crippen LogP contribution in [0.15, 0.2) is 18.2 Å². The Hall–Kier alpha value is -2.09. The zero-order valence-electron chi connectivity index (χ0n) is 10.4. The van der Waals surface area contributed by atoms with E-state index in [4.69, 9.17) is 10.00 Å². The molecular weight excluding hydrogens is 235 g/mol. The van der Waals surface area contributed by atoms with Gasteiger partial charge in [0.15, 0.2) is 11.6 Å². The summed E-state index contributed by atoms with van der Waals surface area (Å²) >= 11 is 0. The molecule has 96 valence electrons. The van der Waals surface area contributed by atoms with Gasteiger partial charge in [-0.15, -0.1) is 0 Å². The first-order valence-electron chi connectivity index (χ1n) is 5.51. The molecule has 5 heteroatoms. The Morgan fingerprint density at radius 1 is 1.56 bits per heavy atom. The van der Waals surface area contributed by atoms with E-state index in [2.05, 4.69) is 0 Å². The Kier molecular flexibility index (Phi) is 5.12. The van der Waals surface area contributed by atoms with E-state index in [1.54, 1.807) is 13.1 Å². The Labute approximate surface area is 106 Å².